The Hall–Kier alpha value is -2.90. The molecule has 2 heterocycles. The average molecular weight is 343 g/mol. The quantitative estimate of drug-likeness (QED) is 0.699. The van der Waals surface area contributed by atoms with Gasteiger partial charge in [0.05, 0.1) is 5.54 Å². The van der Waals surface area contributed by atoms with E-state index < -0.39 is 23.6 Å². The van der Waals surface area contributed by atoms with Gasteiger partial charge in [0.1, 0.15) is 6.04 Å². The van der Waals surface area contributed by atoms with Gasteiger partial charge in [-0.25, -0.2) is 4.79 Å². The molecule has 8 heteroatoms. The highest BCUT2D eigenvalue weighted by Crippen LogP contribution is 2.46. The van der Waals surface area contributed by atoms with Gasteiger partial charge in [-0.15, -0.1) is 0 Å². The zero-order chi connectivity index (χ0) is 17.8. The number of nitrogens with one attached hydrogen (secondary N) is 2. The summed E-state index contributed by atoms with van der Waals surface area (Å²) in [5, 5.41) is 13.8. The summed E-state index contributed by atoms with van der Waals surface area (Å²) in [5.74, 6) is -1.01. The number of hydrogen-bond acceptors (Lipinski definition) is 4. The van der Waals surface area contributed by atoms with Crippen molar-refractivity contribution >= 4 is 23.8 Å². The number of carbonyl (C=O) groups excluding carboxylic acids is 3. The van der Waals surface area contributed by atoms with E-state index in [0.717, 1.165) is 11.1 Å². The molecule has 1 aromatic carbocycles. The molecule has 1 atom stereocenters. The molecule has 0 spiro atoms. The Morgan fingerprint density at radius 1 is 1.28 bits per heavy atom. The summed E-state index contributed by atoms with van der Waals surface area (Å²) in [6.07, 6.45) is 0.844. The highest BCUT2D eigenvalue weighted by molar-refractivity contribution is 6.05. The standard InChI is InChI=1S/C17H17N3O5/c21-13-4-3-12(14(22)18-13)20-8-9-1-2-10(7-11(9)15(20)23)17(5-6-17)19-16(24)25/h1-2,7,12,19H,3-6,8H2,(H,24,25)(H,18,21,22)/t12-/m0/s1. The fourth-order valence-corrected chi connectivity index (χ4v) is 3.67. The lowest BCUT2D eigenvalue weighted by atomic mass is 9.99. The molecule has 4 amide bonds. The molecule has 1 saturated heterocycles. The molecule has 1 saturated carbocycles. The molecule has 0 aromatic heterocycles. The monoisotopic (exact) mass is 343 g/mol. The third-order valence-corrected chi connectivity index (χ3v) is 5.18. The van der Waals surface area contributed by atoms with Gasteiger partial charge in [0, 0.05) is 18.5 Å². The number of imide groups is 1. The van der Waals surface area contributed by atoms with E-state index in [1.807, 2.05) is 12.1 Å². The minimum absolute atomic E-state index is 0.216. The summed E-state index contributed by atoms with van der Waals surface area (Å²) in [5.41, 5.74) is 1.47. The summed E-state index contributed by atoms with van der Waals surface area (Å²) in [6.45, 7) is 0.320. The van der Waals surface area contributed by atoms with Gasteiger partial charge >= 0.3 is 6.09 Å². The van der Waals surface area contributed by atoms with Gasteiger partial charge in [0.2, 0.25) is 11.8 Å². The number of fused-ring (bicyclic) bond motifs is 1. The Bertz CT molecular complexity index is 815. The smallest absolute Gasteiger partial charge is 0.405 e. The van der Waals surface area contributed by atoms with Crippen LogP contribution in [0, 0.1) is 0 Å². The van der Waals surface area contributed by atoms with Crippen LogP contribution in [0.1, 0.15) is 47.2 Å². The van der Waals surface area contributed by atoms with E-state index in [9.17, 15) is 19.2 Å². The molecule has 0 unspecified atom stereocenters. The number of benzene rings is 1. The molecule has 25 heavy (non-hydrogen) atoms. The summed E-state index contributed by atoms with van der Waals surface area (Å²) < 4.78 is 0. The number of hydrogen-bond donors (Lipinski definition) is 3. The van der Waals surface area contributed by atoms with Crippen LogP contribution in [0.15, 0.2) is 18.2 Å². The number of piperidine rings is 1. The van der Waals surface area contributed by atoms with Crippen LogP contribution in [0.2, 0.25) is 0 Å². The zero-order valence-corrected chi connectivity index (χ0v) is 13.4. The second-order valence-electron chi connectivity index (χ2n) is 6.78. The maximum absolute atomic E-state index is 12.8. The predicted octanol–water partition coefficient (Wildman–Crippen LogP) is 0.704. The lowest BCUT2D eigenvalue weighted by molar-refractivity contribution is -0.136. The molecule has 3 aliphatic rings. The van der Waals surface area contributed by atoms with Crippen molar-refractivity contribution in [2.24, 2.45) is 0 Å². The van der Waals surface area contributed by atoms with E-state index in [1.54, 1.807) is 6.07 Å². The first-order valence-corrected chi connectivity index (χ1v) is 8.19. The molecule has 0 bridgehead atoms. The molecule has 2 fully saturated rings. The Labute approximate surface area is 143 Å². The number of amides is 4. The van der Waals surface area contributed by atoms with Crippen LogP contribution in [0.4, 0.5) is 4.79 Å². The Kier molecular flexibility index (Phi) is 3.31. The molecular formula is C17H17N3O5. The molecule has 2 aliphatic heterocycles. The van der Waals surface area contributed by atoms with Crippen LogP contribution in [0.3, 0.4) is 0 Å². The maximum atomic E-state index is 12.8. The fourth-order valence-electron chi connectivity index (χ4n) is 3.67. The van der Waals surface area contributed by atoms with Gasteiger partial charge in [-0.05, 0) is 36.5 Å². The molecule has 130 valence electrons. The third-order valence-electron chi connectivity index (χ3n) is 5.18. The minimum Gasteiger partial charge on any atom is -0.465 e. The van der Waals surface area contributed by atoms with Crippen LogP contribution in [0.5, 0.6) is 0 Å². The molecule has 0 radical (unpaired) electrons. The van der Waals surface area contributed by atoms with Crippen LogP contribution in [0.25, 0.3) is 0 Å². The van der Waals surface area contributed by atoms with Crippen LogP contribution in [-0.2, 0) is 21.7 Å². The van der Waals surface area contributed by atoms with Crippen molar-refractivity contribution in [3.05, 3.63) is 34.9 Å². The van der Waals surface area contributed by atoms with E-state index >= 15 is 0 Å². The molecule has 1 aromatic rings. The summed E-state index contributed by atoms with van der Waals surface area (Å²) in [4.78, 5) is 48.6. The first-order chi connectivity index (χ1) is 11.9. The zero-order valence-electron chi connectivity index (χ0n) is 13.4. The van der Waals surface area contributed by atoms with Gasteiger partial charge < -0.3 is 15.3 Å². The highest BCUT2D eigenvalue weighted by atomic mass is 16.4. The van der Waals surface area contributed by atoms with E-state index in [1.165, 1.54) is 4.90 Å². The normalized spacial score (nSPS) is 23.9. The first kappa shape index (κ1) is 15.6. The van der Waals surface area contributed by atoms with Gasteiger partial charge in [0.15, 0.2) is 0 Å². The van der Waals surface area contributed by atoms with Crippen molar-refractivity contribution in [3.8, 4) is 0 Å². The third kappa shape index (κ3) is 2.54. The van der Waals surface area contributed by atoms with Crippen molar-refractivity contribution in [2.45, 2.75) is 43.8 Å². The highest BCUT2D eigenvalue weighted by Gasteiger charge is 2.47. The largest absolute Gasteiger partial charge is 0.465 e. The van der Waals surface area contributed by atoms with Crippen molar-refractivity contribution < 1.29 is 24.3 Å². The van der Waals surface area contributed by atoms with Gasteiger partial charge in [-0.3, -0.25) is 19.7 Å². The topological polar surface area (TPSA) is 116 Å². The number of carbonyl (C=O) groups is 4. The van der Waals surface area contributed by atoms with Gasteiger partial charge in [-0.1, -0.05) is 12.1 Å². The number of carboxylic acid groups (broad SMARTS) is 1. The SMILES string of the molecule is O=C(O)NC1(c2ccc3c(c2)C(=O)N([C@H]2CCC(=O)NC2=O)C3)CC1. The Morgan fingerprint density at radius 2 is 2.04 bits per heavy atom. The number of nitrogens with zero attached hydrogens (tertiary/aromatic N) is 1. The van der Waals surface area contributed by atoms with E-state index in [-0.39, 0.29) is 18.2 Å². The number of rotatable bonds is 3. The molecule has 1 aliphatic carbocycles. The molecular weight excluding hydrogens is 326 g/mol. The molecule has 8 nitrogen and oxygen atoms in total. The van der Waals surface area contributed by atoms with E-state index in [2.05, 4.69) is 10.6 Å². The van der Waals surface area contributed by atoms with Crippen LogP contribution >= 0.6 is 0 Å². The molecule has 4 rings (SSSR count). The van der Waals surface area contributed by atoms with Crippen LogP contribution in [-0.4, -0.2) is 39.9 Å². The summed E-state index contributed by atoms with van der Waals surface area (Å²) in [7, 11) is 0. The maximum Gasteiger partial charge on any atom is 0.405 e. The Morgan fingerprint density at radius 3 is 2.68 bits per heavy atom. The predicted molar refractivity (Wildman–Crippen MR) is 84.6 cm³/mol. The van der Waals surface area contributed by atoms with Crippen molar-refractivity contribution in [1.82, 2.24) is 15.5 Å². The molecule has 3 N–H and O–H groups in total. The summed E-state index contributed by atoms with van der Waals surface area (Å²) >= 11 is 0. The Balaban J connectivity index is 1.59. The summed E-state index contributed by atoms with van der Waals surface area (Å²) in [6, 6.07) is 4.74. The van der Waals surface area contributed by atoms with Crippen LogP contribution < -0.4 is 10.6 Å². The van der Waals surface area contributed by atoms with Crippen molar-refractivity contribution in [3.63, 3.8) is 0 Å². The lowest BCUT2D eigenvalue weighted by Crippen LogP contribution is -2.52. The second-order valence-corrected chi connectivity index (χ2v) is 6.78. The van der Waals surface area contributed by atoms with E-state index in [4.69, 9.17) is 5.11 Å². The first-order valence-electron chi connectivity index (χ1n) is 8.19. The lowest BCUT2D eigenvalue weighted by Gasteiger charge is -2.29. The minimum atomic E-state index is -1.09. The van der Waals surface area contributed by atoms with Gasteiger partial charge in [-0.2, -0.15) is 0 Å². The van der Waals surface area contributed by atoms with Crippen molar-refractivity contribution in [2.75, 3.05) is 0 Å². The van der Waals surface area contributed by atoms with E-state index in [0.29, 0.717) is 31.4 Å². The fraction of sp³-hybridized carbons (Fsp3) is 0.412. The van der Waals surface area contributed by atoms with Gasteiger partial charge in [0.25, 0.3) is 5.91 Å². The second kappa shape index (κ2) is 5.30. The average Bonchev–Trinajstić information content (AvgIpc) is 3.25. The van der Waals surface area contributed by atoms with Crippen molar-refractivity contribution in [1.29, 1.82) is 0 Å².